The molecule has 100 valence electrons. The topological polar surface area (TPSA) is 61.5 Å². The Hall–Kier alpha value is -1.30. The molecule has 6 heteroatoms. The maximum Gasteiger partial charge on any atom is 0.347 e. The number of halogens is 2. The van der Waals surface area contributed by atoms with Crippen LogP contribution in [0.1, 0.15) is 20.3 Å². The summed E-state index contributed by atoms with van der Waals surface area (Å²) in [4.78, 5) is 11.6. The van der Waals surface area contributed by atoms with Crippen LogP contribution in [0.25, 0.3) is 0 Å². The third-order valence-corrected chi connectivity index (χ3v) is 2.85. The van der Waals surface area contributed by atoms with Gasteiger partial charge in [0.05, 0.1) is 16.8 Å². The molecule has 18 heavy (non-hydrogen) atoms. The van der Waals surface area contributed by atoms with Gasteiger partial charge in [-0.05, 0) is 35.3 Å². The van der Waals surface area contributed by atoms with Crippen molar-refractivity contribution in [2.24, 2.45) is 0 Å². The lowest BCUT2D eigenvalue weighted by Gasteiger charge is -2.17. The van der Waals surface area contributed by atoms with Crippen molar-refractivity contribution in [2.45, 2.75) is 26.4 Å². The van der Waals surface area contributed by atoms with Gasteiger partial charge in [-0.15, -0.1) is 0 Å². The van der Waals surface area contributed by atoms with Crippen molar-refractivity contribution in [1.82, 2.24) is 0 Å². The zero-order chi connectivity index (χ0) is 13.7. The predicted molar refractivity (Wildman–Crippen MR) is 69.9 cm³/mol. The number of nitrogens with two attached hydrogens (primary N) is 1. The van der Waals surface area contributed by atoms with E-state index in [1.807, 2.05) is 0 Å². The highest BCUT2D eigenvalue weighted by atomic mass is 79.9. The molecule has 0 saturated heterocycles. The first kappa shape index (κ1) is 14.8. The van der Waals surface area contributed by atoms with E-state index in [2.05, 4.69) is 15.9 Å². The molecule has 0 saturated carbocycles. The zero-order valence-corrected chi connectivity index (χ0v) is 11.8. The minimum Gasteiger partial charge on any atom is -0.476 e. The second kappa shape index (κ2) is 6.58. The standard InChI is InChI=1S/C12H15BrFNO3/c1-3-10(12(16)17-4-2)18-11-6-8(14)7(13)5-9(11)15/h5-6,10H,3-4,15H2,1-2H3. The molecule has 0 amide bonds. The Labute approximate surface area is 113 Å². The van der Waals surface area contributed by atoms with Gasteiger partial charge in [-0.2, -0.15) is 0 Å². The lowest BCUT2D eigenvalue weighted by Crippen LogP contribution is -2.29. The highest BCUT2D eigenvalue weighted by Gasteiger charge is 2.21. The van der Waals surface area contributed by atoms with Crippen molar-refractivity contribution >= 4 is 27.6 Å². The fourth-order valence-electron chi connectivity index (χ4n) is 1.33. The Morgan fingerprint density at radius 3 is 2.72 bits per heavy atom. The summed E-state index contributed by atoms with van der Waals surface area (Å²) in [5.74, 6) is -0.851. The molecule has 0 fully saturated rings. The second-order valence-electron chi connectivity index (χ2n) is 3.57. The second-order valence-corrected chi connectivity index (χ2v) is 4.43. The van der Waals surface area contributed by atoms with Gasteiger partial charge in [0, 0.05) is 6.07 Å². The molecule has 0 aliphatic rings. The van der Waals surface area contributed by atoms with Crippen molar-refractivity contribution in [2.75, 3.05) is 12.3 Å². The quantitative estimate of drug-likeness (QED) is 0.669. The van der Waals surface area contributed by atoms with Crippen LogP contribution >= 0.6 is 15.9 Å². The molecular formula is C12H15BrFNO3. The van der Waals surface area contributed by atoms with Crippen LogP contribution < -0.4 is 10.5 Å². The summed E-state index contributed by atoms with van der Waals surface area (Å²) in [6.45, 7) is 3.74. The van der Waals surface area contributed by atoms with Gasteiger partial charge in [-0.3, -0.25) is 0 Å². The highest BCUT2D eigenvalue weighted by Crippen LogP contribution is 2.29. The first-order chi connectivity index (χ1) is 8.49. The summed E-state index contributed by atoms with van der Waals surface area (Å²) in [5.41, 5.74) is 5.95. The predicted octanol–water partition coefficient (Wildman–Crippen LogP) is 2.89. The van der Waals surface area contributed by atoms with E-state index in [1.165, 1.54) is 6.07 Å². The molecule has 1 unspecified atom stereocenters. The summed E-state index contributed by atoms with van der Waals surface area (Å²) < 4.78 is 23.8. The minimum atomic E-state index is -0.784. The fraction of sp³-hybridized carbons (Fsp3) is 0.417. The summed E-state index contributed by atoms with van der Waals surface area (Å²) in [6, 6.07) is 2.53. The lowest BCUT2D eigenvalue weighted by molar-refractivity contribution is -0.151. The smallest absolute Gasteiger partial charge is 0.347 e. The van der Waals surface area contributed by atoms with E-state index in [9.17, 15) is 9.18 Å². The number of carbonyl (C=O) groups excluding carboxylic acids is 1. The lowest BCUT2D eigenvalue weighted by atomic mass is 10.2. The molecule has 0 heterocycles. The van der Waals surface area contributed by atoms with E-state index in [0.29, 0.717) is 6.42 Å². The summed E-state index contributed by atoms with van der Waals surface area (Å²) >= 11 is 3.02. The Bertz CT molecular complexity index is 440. The summed E-state index contributed by atoms with van der Waals surface area (Å²) in [7, 11) is 0. The van der Waals surface area contributed by atoms with Crippen molar-refractivity contribution in [3.8, 4) is 5.75 Å². The van der Waals surface area contributed by atoms with Gasteiger partial charge in [0.1, 0.15) is 11.6 Å². The molecule has 1 atom stereocenters. The van der Waals surface area contributed by atoms with E-state index in [-0.39, 0.29) is 22.5 Å². The monoisotopic (exact) mass is 319 g/mol. The van der Waals surface area contributed by atoms with Crippen LogP contribution in [0.2, 0.25) is 0 Å². The van der Waals surface area contributed by atoms with Crippen LogP contribution in [0.15, 0.2) is 16.6 Å². The van der Waals surface area contributed by atoms with Crippen LogP contribution in [0.3, 0.4) is 0 Å². The SMILES string of the molecule is CCOC(=O)C(CC)Oc1cc(F)c(Br)cc1N. The molecule has 0 aliphatic carbocycles. The van der Waals surface area contributed by atoms with Crippen LogP contribution in [-0.2, 0) is 9.53 Å². The van der Waals surface area contributed by atoms with Crippen molar-refractivity contribution in [1.29, 1.82) is 0 Å². The first-order valence-corrected chi connectivity index (χ1v) is 6.36. The van der Waals surface area contributed by atoms with Gasteiger partial charge in [-0.25, -0.2) is 9.18 Å². The number of hydrogen-bond acceptors (Lipinski definition) is 4. The third kappa shape index (κ3) is 3.60. The minimum absolute atomic E-state index is 0.135. The van der Waals surface area contributed by atoms with Gasteiger partial charge < -0.3 is 15.2 Å². The number of ether oxygens (including phenoxy) is 2. The number of anilines is 1. The van der Waals surface area contributed by atoms with Crippen molar-refractivity contribution in [3.63, 3.8) is 0 Å². The maximum absolute atomic E-state index is 13.4. The normalized spacial score (nSPS) is 12.0. The van der Waals surface area contributed by atoms with Crippen LogP contribution in [0, 0.1) is 5.82 Å². The molecule has 0 bridgehead atoms. The van der Waals surface area contributed by atoms with Crippen molar-refractivity contribution < 1.29 is 18.7 Å². The first-order valence-electron chi connectivity index (χ1n) is 5.57. The van der Waals surface area contributed by atoms with E-state index in [0.717, 1.165) is 6.07 Å². The van der Waals surface area contributed by atoms with E-state index < -0.39 is 17.9 Å². The molecule has 0 spiro atoms. The maximum atomic E-state index is 13.4. The molecule has 0 radical (unpaired) electrons. The molecule has 1 rings (SSSR count). The van der Waals surface area contributed by atoms with Gasteiger partial charge in [0.25, 0.3) is 0 Å². The molecule has 0 aromatic heterocycles. The number of carbonyl (C=O) groups is 1. The average Bonchev–Trinajstić information content (AvgIpc) is 2.32. The number of hydrogen-bond donors (Lipinski definition) is 1. The van der Waals surface area contributed by atoms with Crippen LogP contribution in [0.5, 0.6) is 5.75 Å². The van der Waals surface area contributed by atoms with Crippen LogP contribution in [0.4, 0.5) is 10.1 Å². The molecule has 1 aromatic rings. The molecular weight excluding hydrogens is 305 g/mol. The van der Waals surface area contributed by atoms with E-state index in [4.69, 9.17) is 15.2 Å². The molecule has 4 nitrogen and oxygen atoms in total. The summed E-state index contributed by atoms with van der Waals surface area (Å²) in [6.07, 6.45) is -0.372. The van der Waals surface area contributed by atoms with E-state index in [1.54, 1.807) is 13.8 Å². The Morgan fingerprint density at radius 1 is 1.50 bits per heavy atom. The number of rotatable bonds is 5. The fourth-order valence-corrected chi connectivity index (χ4v) is 1.69. The van der Waals surface area contributed by atoms with Gasteiger partial charge in [-0.1, -0.05) is 6.92 Å². The van der Waals surface area contributed by atoms with Gasteiger partial charge >= 0.3 is 5.97 Å². The van der Waals surface area contributed by atoms with Gasteiger partial charge in [0.15, 0.2) is 6.10 Å². The Kier molecular flexibility index (Phi) is 5.40. The summed E-state index contributed by atoms with van der Waals surface area (Å²) in [5, 5.41) is 0. The highest BCUT2D eigenvalue weighted by molar-refractivity contribution is 9.10. The molecule has 2 N–H and O–H groups in total. The third-order valence-electron chi connectivity index (χ3n) is 2.24. The van der Waals surface area contributed by atoms with E-state index >= 15 is 0 Å². The number of esters is 1. The van der Waals surface area contributed by atoms with Gasteiger partial charge in [0.2, 0.25) is 0 Å². The molecule has 1 aromatic carbocycles. The average molecular weight is 320 g/mol. The Balaban J connectivity index is 2.88. The van der Waals surface area contributed by atoms with Crippen molar-refractivity contribution in [3.05, 3.63) is 22.4 Å². The largest absolute Gasteiger partial charge is 0.476 e. The molecule has 0 aliphatic heterocycles. The number of nitrogen functional groups attached to an aromatic ring is 1. The van der Waals surface area contributed by atoms with Crippen LogP contribution in [-0.4, -0.2) is 18.7 Å². The number of benzene rings is 1. The Morgan fingerprint density at radius 2 is 2.17 bits per heavy atom. The zero-order valence-electron chi connectivity index (χ0n) is 10.2.